The summed E-state index contributed by atoms with van der Waals surface area (Å²) in [7, 11) is 0. The van der Waals surface area contributed by atoms with Crippen LogP contribution in [-0.4, -0.2) is 23.6 Å². The first kappa shape index (κ1) is 12.8. The summed E-state index contributed by atoms with van der Waals surface area (Å²) in [5.74, 6) is 2.46. The van der Waals surface area contributed by atoms with Gasteiger partial charge in [0.2, 0.25) is 0 Å². The van der Waals surface area contributed by atoms with E-state index in [-0.39, 0.29) is 0 Å². The van der Waals surface area contributed by atoms with E-state index in [2.05, 4.69) is 24.0 Å². The van der Waals surface area contributed by atoms with Crippen LogP contribution in [0.3, 0.4) is 0 Å². The highest BCUT2D eigenvalue weighted by Gasteiger charge is 2.28. The van der Waals surface area contributed by atoms with Crippen molar-refractivity contribution in [1.82, 2.24) is 5.32 Å². The Morgan fingerprint density at radius 2 is 2.06 bits per heavy atom. The summed E-state index contributed by atoms with van der Waals surface area (Å²) in [5.41, 5.74) is 0. The highest BCUT2D eigenvalue weighted by atomic mass is 32.2. The second kappa shape index (κ2) is 6.90. The predicted octanol–water partition coefficient (Wildman–Crippen LogP) is 3.83. The van der Waals surface area contributed by atoms with Gasteiger partial charge < -0.3 is 5.32 Å². The number of hydrogen-bond acceptors (Lipinski definition) is 2. The maximum absolute atomic E-state index is 3.82. The molecule has 16 heavy (non-hydrogen) atoms. The third-order valence-corrected chi connectivity index (χ3v) is 5.65. The van der Waals surface area contributed by atoms with Crippen molar-refractivity contribution < 1.29 is 0 Å². The van der Waals surface area contributed by atoms with Gasteiger partial charge >= 0.3 is 0 Å². The standard InChI is InChI=1S/C14H27NS/c1-2-9-15-13(11-12-6-5-7-12)14-8-3-4-10-16-14/h12-15H,2-11H2,1H3. The Hall–Kier alpha value is 0.310. The second-order valence-corrected chi connectivity index (χ2v) is 6.85. The topological polar surface area (TPSA) is 12.0 Å². The van der Waals surface area contributed by atoms with Gasteiger partial charge in [0.15, 0.2) is 0 Å². The largest absolute Gasteiger partial charge is 0.313 e. The molecule has 0 aromatic rings. The Balaban J connectivity index is 1.78. The minimum absolute atomic E-state index is 0.815. The second-order valence-electron chi connectivity index (χ2n) is 5.50. The van der Waals surface area contributed by atoms with Crippen molar-refractivity contribution in [2.24, 2.45) is 5.92 Å². The molecule has 2 fully saturated rings. The van der Waals surface area contributed by atoms with Crippen molar-refractivity contribution in [3.05, 3.63) is 0 Å². The molecule has 0 bridgehead atoms. The van der Waals surface area contributed by atoms with Gasteiger partial charge in [-0.15, -0.1) is 0 Å². The number of thioether (sulfide) groups is 1. The zero-order chi connectivity index (χ0) is 11.2. The fourth-order valence-corrected chi connectivity index (χ4v) is 4.31. The Morgan fingerprint density at radius 1 is 1.19 bits per heavy atom. The third-order valence-electron chi connectivity index (χ3n) is 4.13. The van der Waals surface area contributed by atoms with E-state index in [1.807, 2.05) is 0 Å². The van der Waals surface area contributed by atoms with Gasteiger partial charge in [0, 0.05) is 11.3 Å². The maximum atomic E-state index is 3.82. The lowest BCUT2D eigenvalue weighted by atomic mass is 9.80. The molecule has 1 aliphatic heterocycles. The fraction of sp³-hybridized carbons (Fsp3) is 1.00. The summed E-state index contributed by atoms with van der Waals surface area (Å²) in [5, 5.41) is 4.73. The van der Waals surface area contributed by atoms with Gasteiger partial charge in [-0.1, -0.05) is 32.6 Å². The van der Waals surface area contributed by atoms with Gasteiger partial charge in [-0.05, 0) is 43.9 Å². The van der Waals surface area contributed by atoms with Crippen LogP contribution < -0.4 is 5.32 Å². The van der Waals surface area contributed by atoms with E-state index in [9.17, 15) is 0 Å². The van der Waals surface area contributed by atoms with Gasteiger partial charge in [-0.25, -0.2) is 0 Å². The van der Waals surface area contributed by atoms with Crippen molar-refractivity contribution in [3.8, 4) is 0 Å². The van der Waals surface area contributed by atoms with Crippen molar-refractivity contribution in [2.45, 2.75) is 69.6 Å². The van der Waals surface area contributed by atoms with Crippen LogP contribution in [0.5, 0.6) is 0 Å². The molecule has 0 spiro atoms. The highest BCUT2D eigenvalue weighted by molar-refractivity contribution is 8.00. The minimum atomic E-state index is 0.815. The first-order valence-corrected chi connectivity index (χ1v) is 8.30. The molecule has 2 heteroatoms. The number of nitrogens with one attached hydrogen (secondary N) is 1. The van der Waals surface area contributed by atoms with E-state index in [1.54, 1.807) is 0 Å². The minimum Gasteiger partial charge on any atom is -0.313 e. The molecule has 2 unspecified atom stereocenters. The molecule has 1 N–H and O–H groups in total. The quantitative estimate of drug-likeness (QED) is 0.758. The number of rotatable bonds is 6. The lowest BCUT2D eigenvalue weighted by Crippen LogP contribution is -2.42. The molecule has 1 saturated carbocycles. The zero-order valence-electron chi connectivity index (χ0n) is 10.7. The van der Waals surface area contributed by atoms with Crippen LogP contribution in [0.2, 0.25) is 0 Å². The van der Waals surface area contributed by atoms with Crippen molar-refractivity contribution >= 4 is 11.8 Å². The Labute approximate surface area is 105 Å². The molecule has 1 saturated heterocycles. The monoisotopic (exact) mass is 241 g/mol. The SMILES string of the molecule is CCCNC(CC1CCC1)C1CCCCS1. The summed E-state index contributed by atoms with van der Waals surface area (Å²) in [6.45, 7) is 3.50. The normalized spacial score (nSPS) is 28.7. The Bertz CT molecular complexity index is 185. The van der Waals surface area contributed by atoms with Crippen LogP contribution in [0.1, 0.15) is 58.3 Å². The number of hydrogen-bond donors (Lipinski definition) is 1. The summed E-state index contributed by atoms with van der Waals surface area (Å²) < 4.78 is 0. The summed E-state index contributed by atoms with van der Waals surface area (Å²) in [6, 6.07) is 0.815. The lowest BCUT2D eigenvalue weighted by molar-refractivity contribution is 0.254. The average molecular weight is 241 g/mol. The van der Waals surface area contributed by atoms with Crippen LogP contribution >= 0.6 is 11.8 Å². The molecule has 0 amide bonds. The Morgan fingerprint density at radius 3 is 2.62 bits per heavy atom. The molecule has 2 atom stereocenters. The van der Waals surface area contributed by atoms with Gasteiger partial charge in [0.25, 0.3) is 0 Å². The highest BCUT2D eigenvalue weighted by Crippen LogP contribution is 2.35. The molecule has 2 rings (SSSR count). The van der Waals surface area contributed by atoms with Crippen LogP contribution in [0.4, 0.5) is 0 Å². The van der Waals surface area contributed by atoms with Gasteiger partial charge in [0.1, 0.15) is 0 Å². The van der Waals surface area contributed by atoms with Gasteiger partial charge in [-0.2, -0.15) is 11.8 Å². The molecule has 0 radical (unpaired) electrons. The third kappa shape index (κ3) is 3.66. The predicted molar refractivity (Wildman–Crippen MR) is 74.1 cm³/mol. The molecule has 1 heterocycles. The van der Waals surface area contributed by atoms with E-state index in [0.29, 0.717) is 0 Å². The van der Waals surface area contributed by atoms with Crippen molar-refractivity contribution in [2.75, 3.05) is 12.3 Å². The Kier molecular flexibility index (Phi) is 5.51. The van der Waals surface area contributed by atoms with Gasteiger partial charge in [-0.3, -0.25) is 0 Å². The van der Waals surface area contributed by atoms with E-state index in [0.717, 1.165) is 17.2 Å². The molecule has 94 valence electrons. The summed E-state index contributed by atoms with van der Waals surface area (Å²) in [6.07, 6.45) is 11.6. The lowest BCUT2D eigenvalue weighted by Gasteiger charge is -2.36. The van der Waals surface area contributed by atoms with Crippen LogP contribution in [0.25, 0.3) is 0 Å². The molecule has 2 aliphatic rings. The fourth-order valence-electron chi connectivity index (χ4n) is 2.87. The molecule has 1 nitrogen and oxygen atoms in total. The molecule has 0 aromatic heterocycles. The molecular weight excluding hydrogens is 214 g/mol. The smallest absolute Gasteiger partial charge is 0.0201 e. The first-order valence-electron chi connectivity index (χ1n) is 7.25. The molecule has 0 aromatic carbocycles. The van der Waals surface area contributed by atoms with Gasteiger partial charge in [0.05, 0.1) is 0 Å². The van der Waals surface area contributed by atoms with Crippen LogP contribution in [-0.2, 0) is 0 Å². The van der Waals surface area contributed by atoms with Crippen LogP contribution in [0.15, 0.2) is 0 Å². The maximum Gasteiger partial charge on any atom is 0.0201 e. The molecule has 1 aliphatic carbocycles. The first-order chi connectivity index (χ1) is 7.90. The zero-order valence-corrected chi connectivity index (χ0v) is 11.5. The van der Waals surface area contributed by atoms with Crippen molar-refractivity contribution in [1.29, 1.82) is 0 Å². The van der Waals surface area contributed by atoms with E-state index in [4.69, 9.17) is 0 Å². The average Bonchev–Trinajstić information content (AvgIpc) is 2.28. The van der Waals surface area contributed by atoms with E-state index >= 15 is 0 Å². The molecular formula is C14H27NS. The summed E-state index contributed by atoms with van der Waals surface area (Å²) >= 11 is 2.24. The van der Waals surface area contributed by atoms with E-state index in [1.165, 1.54) is 63.7 Å². The van der Waals surface area contributed by atoms with E-state index < -0.39 is 0 Å². The van der Waals surface area contributed by atoms with Crippen molar-refractivity contribution in [3.63, 3.8) is 0 Å². The summed E-state index contributed by atoms with van der Waals surface area (Å²) in [4.78, 5) is 0. The van der Waals surface area contributed by atoms with Crippen LogP contribution in [0, 0.1) is 5.92 Å².